The average molecular weight is 372 g/mol. The van der Waals surface area contributed by atoms with Crippen LogP contribution in [0.3, 0.4) is 0 Å². The predicted molar refractivity (Wildman–Crippen MR) is 88.6 cm³/mol. The lowest BCUT2D eigenvalue weighted by Gasteiger charge is -2.35. The molecule has 0 unspecified atom stereocenters. The zero-order valence-corrected chi connectivity index (χ0v) is 14.8. The van der Waals surface area contributed by atoms with Crippen LogP contribution in [0.4, 0.5) is 0 Å². The van der Waals surface area contributed by atoms with Crippen LogP contribution < -0.4 is 0 Å². The smallest absolute Gasteiger partial charge is 0.336 e. The van der Waals surface area contributed by atoms with Gasteiger partial charge < -0.3 is 10.0 Å². The van der Waals surface area contributed by atoms with Gasteiger partial charge in [0.15, 0.2) is 0 Å². The van der Waals surface area contributed by atoms with Crippen molar-refractivity contribution in [1.82, 2.24) is 9.21 Å². The number of carbonyl (C=O) groups excluding carboxylic acids is 1. The van der Waals surface area contributed by atoms with Gasteiger partial charge in [-0.05, 0) is 24.8 Å². The van der Waals surface area contributed by atoms with E-state index in [0.717, 1.165) is 24.2 Å². The minimum Gasteiger partial charge on any atom is -0.478 e. The molecule has 24 heavy (non-hydrogen) atoms. The number of carboxylic acid groups (broad SMARTS) is 1. The molecule has 1 aliphatic heterocycles. The molecule has 1 aliphatic carbocycles. The van der Waals surface area contributed by atoms with Crippen molar-refractivity contribution < 1.29 is 23.1 Å². The van der Waals surface area contributed by atoms with Crippen molar-refractivity contribution in [3.8, 4) is 0 Å². The molecule has 2 aliphatic rings. The molecule has 1 saturated carbocycles. The highest BCUT2D eigenvalue weighted by Gasteiger charge is 2.32. The van der Waals surface area contributed by atoms with Crippen LogP contribution in [-0.2, 0) is 14.8 Å². The van der Waals surface area contributed by atoms with Gasteiger partial charge in [-0.1, -0.05) is 6.42 Å². The summed E-state index contributed by atoms with van der Waals surface area (Å²) in [4.78, 5) is 24.8. The number of hydrogen-bond donors (Lipinski definition) is 1. The molecular formula is C15H20N2O5S2. The highest BCUT2D eigenvalue weighted by atomic mass is 32.2. The Morgan fingerprint density at radius 2 is 1.88 bits per heavy atom. The van der Waals surface area contributed by atoms with Crippen molar-refractivity contribution in [3.05, 3.63) is 17.0 Å². The van der Waals surface area contributed by atoms with Gasteiger partial charge in [0.1, 0.15) is 4.21 Å². The summed E-state index contributed by atoms with van der Waals surface area (Å²) >= 11 is 0.914. The Balaban J connectivity index is 1.60. The fourth-order valence-corrected chi connectivity index (χ4v) is 5.67. The van der Waals surface area contributed by atoms with E-state index in [2.05, 4.69) is 0 Å². The molecule has 1 aromatic heterocycles. The summed E-state index contributed by atoms with van der Waals surface area (Å²) in [6.45, 7) is 1.28. The van der Waals surface area contributed by atoms with E-state index in [1.807, 2.05) is 0 Å². The normalized spacial score (nSPS) is 19.9. The number of carboxylic acids is 1. The van der Waals surface area contributed by atoms with E-state index in [4.69, 9.17) is 5.11 Å². The van der Waals surface area contributed by atoms with Gasteiger partial charge >= 0.3 is 5.97 Å². The first-order valence-corrected chi connectivity index (χ1v) is 10.3. The quantitative estimate of drug-likeness (QED) is 0.844. The molecule has 0 radical (unpaired) electrons. The zero-order chi connectivity index (χ0) is 17.3. The zero-order valence-electron chi connectivity index (χ0n) is 13.2. The van der Waals surface area contributed by atoms with Crippen LogP contribution in [0.2, 0.25) is 0 Å². The Kier molecular flexibility index (Phi) is 4.93. The van der Waals surface area contributed by atoms with Crippen molar-refractivity contribution in [3.63, 3.8) is 0 Å². The molecule has 0 bridgehead atoms. The van der Waals surface area contributed by atoms with Crippen molar-refractivity contribution in [2.24, 2.45) is 5.92 Å². The Morgan fingerprint density at radius 3 is 2.38 bits per heavy atom. The molecule has 1 aromatic rings. The van der Waals surface area contributed by atoms with Crippen LogP contribution in [0.5, 0.6) is 0 Å². The van der Waals surface area contributed by atoms with Crippen LogP contribution in [0, 0.1) is 5.92 Å². The Morgan fingerprint density at radius 1 is 1.21 bits per heavy atom. The van der Waals surface area contributed by atoms with Crippen LogP contribution >= 0.6 is 11.3 Å². The molecule has 1 N–H and O–H groups in total. The van der Waals surface area contributed by atoms with E-state index in [-0.39, 0.29) is 28.8 Å². The Labute approximate surface area is 144 Å². The lowest BCUT2D eigenvalue weighted by atomic mass is 9.82. The topological polar surface area (TPSA) is 95.0 Å². The highest BCUT2D eigenvalue weighted by molar-refractivity contribution is 7.91. The number of piperazine rings is 1. The minimum atomic E-state index is -3.69. The minimum absolute atomic E-state index is 0.0205. The van der Waals surface area contributed by atoms with Gasteiger partial charge in [-0.15, -0.1) is 11.3 Å². The third kappa shape index (κ3) is 3.47. The third-order valence-corrected chi connectivity index (χ3v) is 8.01. The van der Waals surface area contributed by atoms with E-state index in [1.54, 1.807) is 4.90 Å². The monoisotopic (exact) mass is 372 g/mol. The molecule has 3 rings (SSSR count). The van der Waals surface area contributed by atoms with E-state index in [1.165, 1.54) is 22.2 Å². The molecular weight excluding hydrogens is 352 g/mol. The van der Waals surface area contributed by atoms with Gasteiger partial charge in [-0.3, -0.25) is 4.79 Å². The maximum Gasteiger partial charge on any atom is 0.336 e. The molecule has 2 fully saturated rings. The van der Waals surface area contributed by atoms with Gasteiger partial charge in [0.25, 0.3) is 10.0 Å². The number of sulfonamides is 1. The number of nitrogens with zero attached hydrogens (tertiary/aromatic N) is 2. The van der Waals surface area contributed by atoms with Crippen molar-refractivity contribution in [2.75, 3.05) is 26.2 Å². The van der Waals surface area contributed by atoms with Gasteiger partial charge in [-0.25, -0.2) is 13.2 Å². The molecule has 0 aromatic carbocycles. The van der Waals surface area contributed by atoms with Crippen molar-refractivity contribution >= 4 is 33.2 Å². The Hall–Kier alpha value is -1.45. The first-order valence-electron chi connectivity index (χ1n) is 7.97. The molecule has 0 spiro atoms. The van der Waals surface area contributed by atoms with Gasteiger partial charge in [0.05, 0.1) is 5.56 Å². The first-order chi connectivity index (χ1) is 11.4. The maximum atomic E-state index is 12.6. The van der Waals surface area contributed by atoms with E-state index in [0.29, 0.717) is 25.4 Å². The maximum absolute atomic E-state index is 12.6. The largest absolute Gasteiger partial charge is 0.478 e. The summed E-state index contributed by atoms with van der Waals surface area (Å²) in [5, 5.41) is 10.2. The number of hydrogen-bond acceptors (Lipinski definition) is 5. The van der Waals surface area contributed by atoms with Gasteiger partial charge in [-0.2, -0.15) is 4.31 Å². The number of rotatable bonds is 5. The predicted octanol–water partition coefficient (Wildman–Crippen LogP) is 1.47. The second-order valence-corrected chi connectivity index (χ2v) is 9.32. The molecule has 0 atom stereocenters. The SMILES string of the molecule is O=C(O)c1csc(S(=O)(=O)N2CCN(C(=O)CC3CCC3)CC2)c1. The van der Waals surface area contributed by atoms with Crippen LogP contribution in [0.25, 0.3) is 0 Å². The number of thiophene rings is 1. The summed E-state index contributed by atoms with van der Waals surface area (Å²) in [6.07, 6.45) is 4.00. The lowest BCUT2D eigenvalue weighted by molar-refractivity contribution is -0.134. The highest BCUT2D eigenvalue weighted by Crippen LogP contribution is 2.30. The molecule has 2 heterocycles. The molecule has 1 amide bonds. The summed E-state index contributed by atoms with van der Waals surface area (Å²) in [5.41, 5.74) is -0.0205. The summed E-state index contributed by atoms with van der Waals surface area (Å²) in [7, 11) is -3.69. The second-order valence-electron chi connectivity index (χ2n) is 6.25. The van der Waals surface area contributed by atoms with Crippen LogP contribution in [0.1, 0.15) is 36.0 Å². The van der Waals surface area contributed by atoms with Crippen LogP contribution in [0.15, 0.2) is 15.7 Å². The molecule has 9 heteroatoms. The fourth-order valence-electron chi connectivity index (χ4n) is 2.94. The molecule has 7 nitrogen and oxygen atoms in total. The third-order valence-electron chi connectivity index (χ3n) is 4.70. The van der Waals surface area contributed by atoms with E-state index in [9.17, 15) is 18.0 Å². The molecule has 1 saturated heterocycles. The van der Waals surface area contributed by atoms with E-state index < -0.39 is 16.0 Å². The molecule has 132 valence electrons. The fraction of sp³-hybridized carbons (Fsp3) is 0.600. The van der Waals surface area contributed by atoms with E-state index >= 15 is 0 Å². The van der Waals surface area contributed by atoms with Gasteiger partial charge in [0.2, 0.25) is 5.91 Å². The van der Waals surface area contributed by atoms with Gasteiger partial charge in [0, 0.05) is 38.0 Å². The van der Waals surface area contributed by atoms with Crippen LogP contribution in [-0.4, -0.2) is 60.8 Å². The number of amides is 1. The van der Waals surface area contributed by atoms with Crippen molar-refractivity contribution in [2.45, 2.75) is 29.9 Å². The number of carbonyl (C=O) groups is 2. The number of aromatic carboxylic acids is 1. The first kappa shape index (κ1) is 17.4. The Bertz CT molecular complexity index is 731. The second kappa shape index (κ2) is 6.81. The summed E-state index contributed by atoms with van der Waals surface area (Å²) < 4.78 is 26.5. The lowest BCUT2D eigenvalue weighted by Crippen LogP contribution is -2.50. The summed E-state index contributed by atoms with van der Waals surface area (Å²) in [5.74, 6) is -0.528. The average Bonchev–Trinajstić information content (AvgIpc) is 3.02. The summed E-state index contributed by atoms with van der Waals surface area (Å²) in [6, 6.07) is 1.19. The van der Waals surface area contributed by atoms with Crippen molar-refractivity contribution in [1.29, 1.82) is 0 Å². The standard InChI is InChI=1S/C15H20N2O5S2/c18-13(8-11-2-1-3-11)16-4-6-17(7-5-16)24(21,22)14-9-12(10-23-14)15(19)20/h9-11H,1-8H2,(H,19,20).